The van der Waals surface area contributed by atoms with Crippen LogP contribution >= 0.6 is 0 Å². The molecule has 1 aliphatic heterocycles. The second-order valence-electron chi connectivity index (χ2n) is 9.10. The zero-order valence-corrected chi connectivity index (χ0v) is 17.2. The molecule has 0 aromatic carbocycles. The molecule has 2 aliphatic rings. The van der Waals surface area contributed by atoms with E-state index in [0.29, 0.717) is 0 Å². The van der Waals surface area contributed by atoms with Gasteiger partial charge >= 0.3 is 6.09 Å². The van der Waals surface area contributed by atoms with Crippen LogP contribution < -0.4 is 0 Å². The van der Waals surface area contributed by atoms with Gasteiger partial charge < -0.3 is 14.3 Å². The van der Waals surface area contributed by atoms with Crippen LogP contribution in [0, 0.1) is 5.41 Å². The first-order chi connectivity index (χ1) is 12.3. The highest BCUT2D eigenvalue weighted by molar-refractivity contribution is 6.13. The quantitative estimate of drug-likeness (QED) is 0.680. The summed E-state index contributed by atoms with van der Waals surface area (Å²) in [6.45, 7) is 10.5. The number of carbonyl (C=O) groups excluding carboxylic acids is 4. The van der Waals surface area contributed by atoms with E-state index in [1.54, 1.807) is 34.6 Å². The average molecular weight is 381 g/mol. The number of hydrogen-bond acceptors (Lipinski definition) is 6. The van der Waals surface area contributed by atoms with Gasteiger partial charge in [0.15, 0.2) is 0 Å². The lowest BCUT2D eigenvalue weighted by Gasteiger charge is -2.37. The van der Waals surface area contributed by atoms with Gasteiger partial charge in [-0.15, -0.1) is 0 Å². The summed E-state index contributed by atoms with van der Waals surface area (Å²) in [6.07, 6.45) is 0.385. The highest BCUT2D eigenvalue weighted by Gasteiger charge is 2.54. The molecule has 7 nitrogen and oxygen atoms in total. The molecule has 1 heterocycles. The minimum absolute atomic E-state index is 0.0612. The molecule has 0 aromatic rings. The third kappa shape index (κ3) is 4.57. The Morgan fingerprint density at radius 3 is 2.22 bits per heavy atom. The Labute approximate surface area is 160 Å². The summed E-state index contributed by atoms with van der Waals surface area (Å²) in [5, 5.41) is 0. The third-order valence-electron chi connectivity index (χ3n) is 5.30. The molecule has 0 unspecified atom stereocenters. The second-order valence-corrected chi connectivity index (χ2v) is 9.10. The normalized spacial score (nSPS) is 24.4. The maximum atomic E-state index is 12.8. The van der Waals surface area contributed by atoms with Gasteiger partial charge in [-0.25, -0.2) is 4.79 Å². The van der Waals surface area contributed by atoms with E-state index in [1.807, 2.05) is 0 Å². The van der Waals surface area contributed by atoms with Crippen molar-refractivity contribution in [2.24, 2.45) is 5.41 Å². The smallest absolute Gasteiger partial charge is 0.412 e. The lowest BCUT2D eigenvalue weighted by Crippen LogP contribution is -2.52. The molecule has 27 heavy (non-hydrogen) atoms. The molecule has 152 valence electrons. The van der Waals surface area contributed by atoms with E-state index < -0.39 is 28.9 Å². The van der Waals surface area contributed by atoms with Crippen LogP contribution in [0.4, 0.5) is 4.79 Å². The monoisotopic (exact) mass is 381 g/mol. The van der Waals surface area contributed by atoms with Crippen molar-refractivity contribution < 1.29 is 28.7 Å². The molecule has 1 aliphatic carbocycles. The summed E-state index contributed by atoms with van der Waals surface area (Å²) >= 11 is 0. The van der Waals surface area contributed by atoms with Gasteiger partial charge in [0.2, 0.25) is 0 Å². The molecule has 0 spiro atoms. The van der Waals surface area contributed by atoms with Crippen molar-refractivity contribution in [3.8, 4) is 0 Å². The minimum Gasteiger partial charge on any atom is -0.444 e. The van der Waals surface area contributed by atoms with E-state index in [1.165, 1.54) is 11.8 Å². The summed E-state index contributed by atoms with van der Waals surface area (Å²) < 4.78 is 11.3. The van der Waals surface area contributed by atoms with Crippen molar-refractivity contribution in [2.75, 3.05) is 6.61 Å². The lowest BCUT2D eigenvalue weighted by atomic mass is 9.74. The molecule has 0 bridgehead atoms. The molecular formula is C20H31NO6. The fraction of sp³-hybridized carbons (Fsp3) is 0.800. The summed E-state index contributed by atoms with van der Waals surface area (Å²) in [5.41, 5.74) is -2.79. The molecule has 1 saturated heterocycles. The van der Waals surface area contributed by atoms with Crippen molar-refractivity contribution >= 4 is 23.4 Å². The highest BCUT2D eigenvalue weighted by Crippen LogP contribution is 2.44. The van der Waals surface area contributed by atoms with Gasteiger partial charge in [0.1, 0.15) is 28.7 Å². The number of Topliss-reactive ketones (excluding diaryl/α,β-unsaturated/α-hetero) is 3. The molecule has 1 amide bonds. The SMILES string of the molecule is CC(=O)CCC1(C[C@@H]2COC(C)(C)N2C(=O)OC(C)(C)C)C(=O)CCC1=O. The summed E-state index contributed by atoms with van der Waals surface area (Å²) in [7, 11) is 0. The first-order valence-electron chi connectivity index (χ1n) is 9.51. The highest BCUT2D eigenvalue weighted by atomic mass is 16.6. The number of amides is 1. The van der Waals surface area contributed by atoms with E-state index in [4.69, 9.17) is 9.47 Å². The van der Waals surface area contributed by atoms with E-state index in [0.717, 1.165) is 0 Å². The zero-order chi connectivity index (χ0) is 20.6. The van der Waals surface area contributed by atoms with Gasteiger partial charge in [0.05, 0.1) is 18.1 Å². The van der Waals surface area contributed by atoms with Crippen LogP contribution in [0.3, 0.4) is 0 Å². The molecular weight excluding hydrogens is 350 g/mol. The second kappa shape index (κ2) is 7.34. The van der Waals surface area contributed by atoms with E-state index >= 15 is 0 Å². The van der Waals surface area contributed by atoms with Crippen molar-refractivity contribution in [3.05, 3.63) is 0 Å². The summed E-state index contributed by atoms with van der Waals surface area (Å²) in [5.74, 6) is -0.334. The van der Waals surface area contributed by atoms with Crippen LogP contribution in [0.15, 0.2) is 0 Å². The lowest BCUT2D eigenvalue weighted by molar-refractivity contribution is -0.137. The standard InChI is InChI=1S/C20H31NO6/c1-13(22)9-10-20(15(23)7-8-16(20)24)11-14-12-26-19(5,6)21(14)17(25)27-18(2,3)4/h14H,7-12H2,1-6H3/t14-/m1/s1. The van der Waals surface area contributed by atoms with Gasteiger partial charge in [-0.2, -0.15) is 0 Å². The van der Waals surface area contributed by atoms with Crippen LogP contribution in [-0.2, 0) is 23.9 Å². The number of carbonyl (C=O) groups is 4. The van der Waals surface area contributed by atoms with Crippen molar-refractivity contribution in [2.45, 2.75) is 91.0 Å². The Bertz CT molecular complexity index is 629. The van der Waals surface area contributed by atoms with Gasteiger partial charge in [0.25, 0.3) is 0 Å². The number of nitrogens with zero attached hydrogens (tertiary/aromatic N) is 1. The third-order valence-corrected chi connectivity index (χ3v) is 5.30. The van der Waals surface area contributed by atoms with Crippen LogP contribution in [0.25, 0.3) is 0 Å². The average Bonchev–Trinajstić information content (AvgIpc) is 2.94. The molecule has 0 radical (unpaired) electrons. The Hall–Kier alpha value is -1.76. The topological polar surface area (TPSA) is 90.0 Å². The van der Waals surface area contributed by atoms with E-state index in [9.17, 15) is 19.2 Å². The van der Waals surface area contributed by atoms with E-state index in [-0.39, 0.29) is 56.1 Å². The van der Waals surface area contributed by atoms with Gasteiger partial charge in [0, 0.05) is 19.3 Å². The fourth-order valence-electron chi connectivity index (χ4n) is 3.98. The number of hydrogen-bond donors (Lipinski definition) is 0. The van der Waals surface area contributed by atoms with Crippen molar-refractivity contribution in [1.29, 1.82) is 0 Å². The predicted molar refractivity (Wildman–Crippen MR) is 98.1 cm³/mol. The summed E-state index contributed by atoms with van der Waals surface area (Å²) in [6, 6.07) is -0.465. The predicted octanol–water partition coefficient (Wildman–Crippen LogP) is 3.04. The maximum absolute atomic E-state index is 12.8. The van der Waals surface area contributed by atoms with Crippen molar-refractivity contribution in [1.82, 2.24) is 4.90 Å². The van der Waals surface area contributed by atoms with Crippen LogP contribution in [-0.4, -0.2) is 52.3 Å². The number of ketones is 3. The van der Waals surface area contributed by atoms with Crippen molar-refractivity contribution in [3.63, 3.8) is 0 Å². The maximum Gasteiger partial charge on any atom is 0.412 e. The molecule has 1 saturated carbocycles. The molecule has 2 fully saturated rings. The molecule has 0 N–H and O–H groups in total. The molecule has 2 rings (SSSR count). The Kier molecular flexibility index (Phi) is 5.85. The first-order valence-corrected chi connectivity index (χ1v) is 9.51. The molecule has 0 aromatic heterocycles. The molecule has 1 atom stereocenters. The van der Waals surface area contributed by atoms with Gasteiger partial charge in [-0.1, -0.05) is 0 Å². The minimum atomic E-state index is -1.21. The Morgan fingerprint density at radius 2 is 1.74 bits per heavy atom. The van der Waals surface area contributed by atoms with Gasteiger partial charge in [-0.05, 0) is 54.4 Å². The fourth-order valence-corrected chi connectivity index (χ4v) is 3.98. The van der Waals surface area contributed by atoms with Crippen LogP contribution in [0.5, 0.6) is 0 Å². The summed E-state index contributed by atoms with van der Waals surface area (Å²) in [4.78, 5) is 51.1. The number of ether oxygens (including phenoxy) is 2. The molecule has 7 heteroatoms. The van der Waals surface area contributed by atoms with Crippen LogP contribution in [0.1, 0.15) is 73.6 Å². The largest absolute Gasteiger partial charge is 0.444 e. The Morgan fingerprint density at radius 1 is 1.19 bits per heavy atom. The van der Waals surface area contributed by atoms with Gasteiger partial charge in [-0.3, -0.25) is 14.5 Å². The van der Waals surface area contributed by atoms with Crippen LogP contribution in [0.2, 0.25) is 0 Å². The number of rotatable bonds is 5. The zero-order valence-electron chi connectivity index (χ0n) is 17.2. The first kappa shape index (κ1) is 21.5. The Balaban J connectivity index is 2.30. The van der Waals surface area contributed by atoms with E-state index in [2.05, 4.69) is 0 Å².